The maximum absolute atomic E-state index is 13.6. The van der Waals surface area contributed by atoms with Crippen molar-refractivity contribution in [2.24, 2.45) is 5.10 Å². The first-order valence-corrected chi connectivity index (χ1v) is 10.6. The normalized spacial score (nSPS) is 10.5. The summed E-state index contributed by atoms with van der Waals surface area (Å²) in [6.07, 6.45) is 0.840. The van der Waals surface area contributed by atoms with Gasteiger partial charge in [-0.15, -0.1) is 0 Å². The van der Waals surface area contributed by atoms with E-state index >= 15 is 0 Å². The van der Waals surface area contributed by atoms with Gasteiger partial charge in [-0.25, -0.2) is 14.2 Å². The average Bonchev–Trinajstić information content (AvgIpc) is 2.85. The van der Waals surface area contributed by atoms with Gasteiger partial charge < -0.3 is 20.1 Å². The van der Waals surface area contributed by atoms with E-state index in [0.717, 1.165) is 0 Å². The number of halogens is 2. The molecule has 0 aliphatic carbocycles. The van der Waals surface area contributed by atoms with Crippen LogP contribution >= 0.6 is 0 Å². The number of nitrogens with one attached hydrogen (secondary N) is 3. The van der Waals surface area contributed by atoms with Crippen molar-refractivity contribution in [2.75, 3.05) is 24.4 Å². The Morgan fingerprint density at radius 2 is 1.64 bits per heavy atom. The van der Waals surface area contributed by atoms with Gasteiger partial charge in [-0.05, 0) is 60.2 Å². The summed E-state index contributed by atoms with van der Waals surface area (Å²) in [7, 11) is 1.41. The lowest BCUT2D eigenvalue weighted by Gasteiger charge is -2.11. The van der Waals surface area contributed by atoms with Crippen molar-refractivity contribution in [2.45, 2.75) is 6.42 Å². The van der Waals surface area contributed by atoms with Gasteiger partial charge in [-0.2, -0.15) is 5.10 Å². The minimum absolute atomic E-state index is 0.0413. The Labute approximate surface area is 205 Å². The van der Waals surface area contributed by atoms with Gasteiger partial charge in [0.1, 0.15) is 18.1 Å². The third-order valence-corrected chi connectivity index (χ3v) is 4.55. The van der Waals surface area contributed by atoms with Crippen LogP contribution < -0.4 is 25.5 Å². The number of nitrogens with zero attached hydrogens (tertiary/aromatic N) is 1. The second kappa shape index (κ2) is 12.6. The number of para-hydroxylation sites is 1. The summed E-state index contributed by atoms with van der Waals surface area (Å²) in [6.45, 7) is -0.381. The zero-order chi connectivity index (χ0) is 25.9. The van der Waals surface area contributed by atoms with Gasteiger partial charge in [-0.3, -0.25) is 14.4 Å². The van der Waals surface area contributed by atoms with Crippen molar-refractivity contribution < 1.29 is 32.6 Å². The molecule has 11 heteroatoms. The fourth-order valence-corrected chi connectivity index (χ4v) is 2.88. The Bertz CT molecular complexity index is 1270. The van der Waals surface area contributed by atoms with Crippen LogP contribution in [0.3, 0.4) is 0 Å². The van der Waals surface area contributed by atoms with Gasteiger partial charge in [0.2, 0.25) is 11.8 Å². The van der Waals surface area contributed by atoms with Crippen LogP contribution in [0.5, 0.6) is 11.5 Å². The van der Waals surface area contributed by atoms with Crippen LogP contribution in [0.2, 0.25) is 0 Å². The largest absolute Gasteiger partial charge is 0.493 e. The van der Waals surface area contributed by atoms with Crippen molar-refractivity contribution in [3.63, 3.8) is 0 Å². The van der Waals surface area contributed by atoms with Crippen molar-refractivity contribution in [1.29, 1.82) is 0 Å². The van der Waals surface area contributed by atoms with Crippen LogP contribution in [-0.4, -0.2) is 37.7 Å². The van der Waals surface area contributed by atoms with Gasteiger partial charge in [-0.1, -0.05) is 12.1 Å². The Morgan fingerprint density at radius 1 is 0.889 bits per heavy atom. The molecule has 0 unspecified atom stereocenters. The van der Waals surface area contributed by atoms with E-state index in [-0.39, 0.29) is 18.0 Å². The predicted octanol–water partition coefficient (Wildman–Crippen LogP) is 3.47. The van der Waals surface area contributed by atoms with Crippen LogP contribution in [0.25, 0.3) is 0 Å². The number of rotatable bonds is 10. The van der Waals surface area contributed by atoms with Crippen molar-refractivity contribution in [3.8, 4) is 11.5 Å². The summed E-state index contributed by atoms with van der Waals surface area (Å²) < 4.78 is 37.3. The Morgan fingerprint density at radius 3 is 2.36 bits per heavy atom. The molecular weight excluding hydrogens is 474 g/mol. The molecular formula is C25H22F2N4O5. The molecule has 36 heavy (non-hydrogen) atoms. The fraction of sp³-hybridized carbons (Fsp3) is 0.120. The highest BCUT2D eigenvalue weighted by Gasteiger charge is 2.11. The highest BCUT2D eigenvalue weighted by molar-refractivity contribution is 6.03. The van der Waals surface area contributed by atoms with Crippen LogP contribution in [0.4, 0.5) is 20.2 Å². The van der Waals surface area contributed by atoms with E-state index in [9.17, 15) is 23.2 Å². The number of hydrazone groups is 1. The van der Waals surface area contributed by atoms with E-state index < -0.39 is 35.8 Å². The Kier molecular flexibility index (Phi) is 9.04. The van der Waals surface area contributed by atoms with Gasteiger partial charge >= 0.3 is 0 Å². The Hall–Kier alpha value is -4.80. The van der Waals surface area contributed by atoms with Crippen molar-refractivity contribution in [1.82, 2.24) is 5.43 Å². The molecule has 0 atom stereocenters. The minimum Gasteiger partial charge on any atom is -0.493 e. The lowest BCUT2D eigenvalue weighted by molar-refractivity contribution is -0.126. The molecule has 0 heterocycles. The number of benzene rings is 3. The summed E-state index contributed by atoms with van der Waals surface area (Å²) in [5.41, 5.74) is 3.16. The lowest BCUT2D eigenvalue weighted by Crippen LogP contribution is -2.24. The second-order valence-electron chi connectivity index (χ2n) is 7.25. The molecule has 0 aliphatic heterocycles. The molecule has 0 saturated heterocycles. The molecule has 0 bridgehead atoms. The topological polar surface area (TPSA) is 118 Å². The third-order valence-electron chi connectivity index (χ3n) is 4.55. The molecule has 0 radical (unpaired) electrons. The zero-order valence-electron chi connectivity index (χ0n) is 19.1. The number of carbonyl (C=O) groups excluding carboxylic acids is 3. The second-order valence-corrected chi connectivity index (χ2v) is 7.25. The summed E-state index contributed by atoms with van der Waals surface area (Å²) in [4.78, 5) is 35.9. The fourth-order valence-electron chi connectivity index (χ4n) is 2.88. The number of anilines is 2. The monoisotopic (exact) mass is 496 g/mol. The standard InChI is InChI=1S/C25H22F2N4O5/c1-35-22-12-16(6-11-21(22)36-15-25(34)30-20-5-3-2-4-19(20)27)14-28-31-24(33)13-23(32)29-18-9-7-17(26)8-10-18/h2-12,14H,13,15H2,1H3,(H,29,32)(H,30,34)(H,31,33). The number of carbonyl (C=O) groups is 3. The van der Waals surface area contributed by atoms with E-state index in [4.69, 9.17) is 9.47 Å². The van der Waals surface area contributed by atoms with E-state index in [1.165, 1.54) is 61.9 Å². The number of methoxy groups -OCH3 is 1. The average molecular weight is 496 g/mol. The van der Waals surface area contributed by atoms with E-state index in [1.807, 2.05) is 0 Å². The molecule has 0 saturated carbocycles. The highest BCUT2D eigenvalue weighted by atomic mass is 19.1. The molecule has 3 aromatic carbocycles. The first kappa shape index (κ1) is 25.8. The molecule has 0 fully saturated rings. The first-order valence-electron chi connectivity index (χ1n) is 10.6. The molecule has 0 aromatic heterocycles. The highest BCUT2D eigenvalue weighted by Crippen LogP contribution is 2.27. The smallest absolute Gasteiger partial charge is 0.262 e. The van der Waals surface area contributed by atoms with Crippen LogP contribution in [0.15, 0.2) is 71.8 Å². The van der Waals surface area contributed by atoms with Crippen molar-refractivity contribution >= 4 is 35.3 Å². The molecule has 0 spiro atoms. The van der Waals surface area contributed by atoms with Crippen LogP contribution in [0, 0.1) is 11.6 Å². The number of ether oxygens (including phenoxy) is 2. The van der Waals surface area contributed by atoms with Crippen LogP contribution in [-0.2, 0) is 14.4 Å². The minimum atomic E-state index is -0.654. The van der Waals surface area contributed by atoms with E-state index in [0.29, 0.717) is 17.0 Å². The first-order chi connectivity index (χ1) is 17.3. The molecule has 3 amide bonds. The van der Waals surface area contributed by atoms with Gasteiger partial charge in [0.25, 0.3) is 5.91 Å². The molecule has 186 valence electrons. The zero-order valence-corrected chi connectivity index (χ0v) is 19.1. The lowest BCUT2D eigenvalue weighted by atomic mass is 10.2. The predicted molar refractivity (Wildman–Crippen MR) is 129 cm³/mol. The summed E-state index contributed by atoms with van der Waals surface area (Å²) in [5.74, 6) is -2.24. The molecule has 3 aromatic rings. The van der Waals surface area contributed by atoms with Gasteiger partial charge in [0, 0.05) is 5.69 Å². The number of hydrogen-bond donors (Lipinski definition) is 3. The molecule has 0 aliphatic rings. The summed E-state index contributed by atoms with van der Waals surface area (Å²) in [6, 6.07) is 15.6. The number of hydrogen-bond acceptors (Lipinski definition) is 6. The number of amides is 3. The Balaban J connectivity index is 1.48. The van der Waals surface area contributed by atoms with Gasteiger partial charge in [0.15, 0.2) is 18.1 Å². The van der Waals surface area contributed by atoms with Crippen LogP contribution in [0.1, 0.15) is 12.0 Å². The summed E-state index contributed by atoms with van der Waals surface area (Å²) in [5, 5.41) is 8.68. The maximum Gasteiger partial charge on any atom is 0.262 e. The quantitative estimate of drug-likeness (QED) is 0.226. The SMILES string of the molecule is COc1cc(C=NNC(=O)CC(=O)Nc2ccc(F)cc2)ccc1OCC(=O)Nc1ccccc1F. The van der Waals surface area contributed by atoms with E-state index in [1.54, 1.807) is 18.2 Å². The van der Waals surface area contributed by atoms with E-state index in [2.05, 4.69) is 21.2 Å². The molecule has 3 rings (SSSR count). The maximum atomic E-state index is 13.6. The third kappa shape index (κ3) is 7.90. The molecule has 9 nitrogen and oxygen atoms in total. The van der Waals surface area contributed by atoms with Gasteiger partial charge in [0.05, 0.1) is 19.0 Å². The van der Waals surface area contributed by atoms with Crippen molar-refractivity contribution in [3.05, 3.63) is 83.9 Å². The summed E-state index contributed by atoms with van der Waals surface area (Å²) >= 11 is 0. The molecule has 3 N–H and O–H groups in total.